The number of nitrogens with zero attached hydrogens (tertiary/aromatic N) is 2. The monoisotopic (exact) mass is 497 g/mol. The number of allylic oxidation sites excluding steroid dienone is 2. The van der Waals surface area contributed by atoms with E-state index in [0.29, 0.717) is 42.9 Å². The van der Waals surface area contributed by atoms with Crippen LogP contribution in [0.1, 0.15) is 23.2 Å². The predicted molar refractivity (Wildman–Crippen MR) is 140 cm³/mol. The first-order valence-corrected chi connectivity index (χ1v) is 11.4. The van der Waals surface area contributed by atoms with Gasteiger partial charge in [-0.2, -0.15) is 13.2 Å². The van der Waals surface area contributed by atoms with Gasteiger partial charge in [0.2, 0.25) is 0 Å². The number of pyridine rings is 1. The molecular weight excluding hydrogens is 467 g/mol. The van der Waals surface area contributed by atoms with Gasteiger partial charge in [0.15, 0.2) is 5.71 Å². The first kappa shape index (κ1) is 26.7. The van der Waals surface area contributed by atoms with Crippen LogP contribution in [0.25, 0.3) is 5.70 Å². The summed E-state index contributed by atoms with van der Waals surface area (Å²) >= 11 is 0. The van der Waals surface area contributed by atoms with Crippen molar-refractivity contribution in [3.8, 4) is 0 Å². The number of hydrogen-bond acceptors (Lipinski definition) is 7. The fourth-order valence-corrected chi connectivity index (χ4v) is 3.78. The van der Waals surface area contributed by atoms with Crippen molar-refractivity contribution >= 4 is 29.0 Å². The van der Waals surface area contributed by atoms with E-state index in [1.807, 2.05) is 6.92 Å². The van der Waals surface area contributed by atoms with Crippen LogP contribution in [0.4, 0.5) is 24.5 Å². The molecule has 0 spiro atoms. The van der Waals surface area contributed by atoms with E-state index in [1.54, 1.807) is 42.6 Å². The lowest BCUT2D eigenvalue weighted by Crippen LogP contribution is -2.28. The molecule has 7 nitrogen and oxygen atoms in total. The Morgan fingerprint density at radius 2 is 2.11 bits per heavy atom. The summed E-state index contributed by atoms with van der Waals surface area (Å²) < 4.78 is 42.4. The molecule has 0 amide bonds. The van der Waals surface area contributed by atoms with E-state index in [4.69, 9.17) is 16.9 Å². The van der Waals surface area contributed by atoms with E-state index in [1.165, 1.54) is 6.21 Å². The van der Waals surface area contributed by atoms with Crippen molar-refractivity contribution in [2.75, 3.05) is 23.7 Å². The number of nitrogens with two attached hydrogens (primary N) is 2. The number of rotatable bonds is 10. The molecule has 0 fully saturated rings. The number of hydrogen-bond donors (Lipinski definition) is 5. The zero-order valence-corrected chi connectivity index (χ0v) is 20.0. The minimum Gasteiger partial charge on any atom is -0.404 e. The highest BCUT2D eigenvalue weighted by Gasteiger charge is 2.39. The highest BCUT2D eigenvalue weighted by Crippen LogP contribution is 2.32. The number of aliphatic imine (C=N–C) groups is 1. The van der Waals surface area contributed by atoms with Crippen molar-refractivity contribution in [1.29, 1.82) is 5.41 Å². The van der Waals surface area contributed by atoms with Crippen molar-refractivity contribution in [2.45, 2.75) is 25.9 Å². The van der Waals surface area contributed by atoms with E-state index in [-0.39, 0.29) is 22.9 Å². The number of anilines is 2. The van der Waals surface area contributed by atoms with E-state index >= 15 is 0 Å². The summed E-state index contributed by atoms with van der Waals surface area (Å²) in [5.41, 5.74) is 13.5. The molecule has 1 heterocycles. The van der Waals surface area contributed by atoms with Crippen LogP contribution in [0.2, 0.25) is 0 Å². The van der Waals surface area contributed by atoms with Crippen LogP contribution < -0.4 is 22.1 Å². The third-order valence-corrected chi connectivity index (χ3v) is 5.75. The van der Waals surface area contributed by atoms with Crippen molar-refractivity contribution in [3.05, 3.63) is 83.5 Å². The van der Waals surface area contributed by atoms with Gasteiger partial charge in [0, 0.05) is 71.5 Å². The highest BCUT2D eigenvalue weighted by molar-refractivity contribution is 6.10. The summed E-state index contributed by atoms with van der Waals surface area (Å²) in [6.45, 7) is 6.52. The average Bonchev–Trinajstić information content (AvgIpc) is 2.85. The summed E-state index contributed by atoms with van der Waals surface area (Å²) in [6.07, 6.45) is 1.85. The molecule has 1 aliphatic rings. The molecule has 3 rings (SSSR count). The zero-order chi connectivity index (χ0) is 26.3. The summed E-state index contributed by atoms with van der Waals surface area (Å²) in [5.74, 6) is -0.0960. The Labute approximate surface area is 208 Å². The molecule has 1 aromatic heterocycles. The molecule has 1 aromatic carbocycles. The number of fused-ring (bicyclic) bond motifs is 1. The van der Waals surface area contributed by atoms with Gasteiger partial charge < -0.3 is 27.5 Å². The standard InChI is InChI=1S/C26H30F3N7/c1-16-11-19(8-9-22(16)34-15-18(12-30)13-31)35-17(2)21(14-32)25(26(27,28)29)36-24-7-3-6-23-20(24)5-4-10-33-23/h4-5,7-12,14,18,30,34-35H,2-3,6,13,15,31-32H2,1H3. The van der Waals surface area contributed by atoms with E-state index in [2.05, 4.69) is 27.2 Å². The fourth-order valence-electron chi connectivity index (χ4n) is 3.78. The Morgan fingerprint density at radius 1 is 1.33 bits per heavy atom. The third-order valence-electron chi connectivity index (χ3n) is 5.75. The summed E-state index contributed by atoms with van der Waals surface area (Å²) in [4.78, 5) is 8.26. The first-order chi connectivity index (χ1) is 17.2. The normalized spacial score (nSPS) is 15.0. The molecule has 0 saturated carbocycles. The van der Waals surface area contributed by atoms with Gasteiger partial charge in [-0.05, 0) is 55.7 Å². The maximum absolute atomic E-state index is 14.1. The molecule has 1 unspecified atom stereocenters. The molecule has 0 aliphatic heterocycles. The van der Waals surface area contributed by atoms with Gasteiger partial charge in [-0.25, -0.2) is 4.99 Å². The highest BCUT2D eigenvalue weighted by atomic mass is 19.4. The second-order valence-electron chi connectivity index (χ2n) is 8.34. The maximum atomic E-state index is 14.1. The minimum atomic E-state index is -4.77. The second-order valence-corrected chi connectivity index (χ2v) is 8.34. The topological polar surface area (TPSA) is 125 Å². The van der Waals surface area contributed by atoms with Crippen molar-refractivity contribution in [1.82, 2.24) is 4.98 Å². The second kappa shape index (κ2) is 11.7. The Kier molecular flexibility index (Phi) is 8.65. The SMILES string of the molecule is C=C(Nc1ccc(NCC(C=N)CN)c(C)c1)C(=CN)C(=NC1=CCCc2ncccc21)C(F)(F)F. The van der Waals surface area contributed by atoms with Crippen LogP contribution in [-0.2, 0) is 6.42 Å². The molecule has 0 bridgehead atoms. The number of aromatic nitrogens is 1. The minimum absolute atomic E-state index is 0.0384. The van der Waals surface area contributed by atoms with E-state index in [0.717, 1.165) is 17.5 Å². The van der Waals surface area contributed by atoms with Crippen molar-refractivity contribution < 1.29 is 13.2 Å². The quantitative estimate of drug-likeness (QED) is 0.239. The van der Waals surface area contributed by atoms with E-state index < -0.39 is 11.9 Å². The molecule has 1 aliphatic carbocycles. The van der Waals surface area contributed by atoms with E-state index in [9.17, 15) is 13.2 Å². The molecule has 0 radical (unpaired) electrons. The molecule has 10 heteroatoms. The predicted octanol–water partition coefficient (Wildman–Crippen LogP) is 4.79. The summed E-state index contributed by atoms with van der Waals surface area (Å²) in [6, 6.07) is 8.67. The Balaban J connectivity index is 1.84. The maximum Gasteiger partial charge on any atom is 0.434 e. The van der Waals surface area contributed by atoms with Crippen LogP contribution in [0, 0.1) is 18.3 Å². The van der Waals surface area contributed by atoms with Gasteiger partial charge in [0.1, 0.15) is 0 Å². The van der Waals surface area contributed by atoms with Gasteiger partial charge in [-0.3, -0.25) is 4.98 Å². The molecule has 0 saturated heterocycles. The number of aryl methyl sites for hydroxylation is 2. The molecule has 36 heavy (non-hydrogen) atoms. The third kappa shape index (κ3) is 6.39. The number of alkyl halides is 3. The van der Waals surface area contributed by atoms with Crippen molar-refractivity contribution in [2.24, 2.45) is 22.4 Å². The Hall–Kier alpha value is -3.92. The number of benzene rings is 1. The molecule has 2 aromatic rings. The van der Waals surface area contributed by atoms with Gasteiger partial charge in [0.25, 0.3) is 0 Å². The van der Waals surface area contributed by atoms with Crippen LogP contribution in [-0.4, -0.2) is 36.2 Å². The lowest BCUT2D eigenvalue weighted by atomic mass is 9.99. The lowest BCUT2D eigenvalue weighted by molar-refractivity contribution is -0.0580. The summed E-state index contributed by atoms with van der Waals surface area (Å²) in [7, 11) is 0. The summed E-state index contributed by atoms with van der Waals surface area (Å²) in [5, 5.41) is 13.5. The average molecular weight is 498 g/mol. The van der Waals surface area contributed by atoms with Crippen LogP contribution in [0.5, 0.6) is 0 Å². The zero-order valence-electron chi connectivity index (χ0n) is 20.0. The Morgan fingerprint density at radius 3 is 2.75 bits per heavy atom. The van der Waals surface area contributed by atoms with Crippen LogP contribution >= 0.6 is 0 Å². The lowest BCUT2D eigenvalue weighted by Gasteiger charge is -2.20. The van der Waals surface area contributed by atoms with Crippen molar-refractivity contribution in [3.63, 3.8) is 0 Å². The first-order valence-electron chi connectivity index (χ1n) is 11.4. The van der Waals surface area contributed by atoms with Crippen LogP contribution in [0.15, 0.2) is 71.6 Å². The van der Waals surface area contributed by atoms with Gasteiger partial charge in [-0.1, -0.05) is 12.7 Å². The molecular formula is C26H30F3N7. The smallest absolute Gasteiger partial charge is 0.404 e. The van der Waals surface area contributed by atoms with Gasteiger partial charge in [-0.15, -0.1) is 0 Å². The largest absolute Gasteiger partial charge is 0.434 e. The van der Waals surface area contributed by atoms with Gasteiger partial charge in [0.05, 0.1) is 5.70 Å². The van der Waals surface area contributed by atoms with Crippen LogP contribution in [0.3, 0.4) is 0 Å². The number of nitrogens with one attached hydrogen (secondary N) is 3. The fraction of sp³-hybridized carbons (Fsp3) is 0.269. The molecule has 190 valence electrons. The molecule has 1 atom stereocenters. The van der Waals surface area contributed by atoms with Gasteiger partial charge >= 0.3 is 6.18 Å². The number of halogens is 3. The Bertz CT molecular complexity index is 1210. The molecule has 7 N–H and O–H groups in total.